The van der Waals surface area contributed by atoms with Crippen LogP contribution in [0.15, 0.2) is 18.2 Å². The molecule has 28 heavy (non-hydrogen) atoms. The minimum atomic E-state index is -0.118. The summed E-state index contributed by atoms with van der Waals surface area (Å²) < 4.78 is 0. The molecule has 0 spiro atoms. The van der Waals surface area contributed by atoms with E-state index in [1.165, 1.54) is 0 Å². The van der Waals surface area contributed by atoms with Gasteiger partial charge in [-0.05, 0) is 39.0 Å². The monoisotopic (exact) mass is 404 g/mol. The summed E-state index contributed by atoms with van der Waals surface area (Å²) in [5.41, 5.74) is 1.94. The molecule has 0 saturated carbocycles. The Hall–Kier alpha value is -1.83. The quantitative estimate of drug-likeness (QED) is 0.800. The number of nitrogens with zero attached hydrogens (tertiary/aromatic N) is 4. The van der Waals surface area contributed by atoms with Gasteiger partial charge in [-0.25, -0.2) is 4.98 Å². The van der Waals surface area contributed by atoms with E-state index in [2.05, 4.69) is 45.9 Å². The highest BCUT2D eigenvalue weighted by molar-refractivity contribution is 6.31. The second kappa shape index (κ2) is 7.54. The Kier molecular flexibility index (Phi) is 5.24. The van der Waals surface area contributed by atoms with E-state index < -0.39 is 0 Å². The predicted molar refractivity (Wildman–Crippen MR) is 113 cm³/mol. The second-order valence-corrected chi connectivity index (χ2v) is 9.09. The van der Waals surface area contributed by atoms with Crippen LogP contribution < -0.4 is 10.2 Å². The molecule has 2 aliphatic heterocycles. The van der Waals surface area contributed by atoms with Gasteiger partial charge in [-0.3, -0.25) is 9.69 Å². The van der Waals surface area contributed by atoms with Crippen LogP contribution in [0.3, 0.4) is 0 Å². The highest BCUT2D eigenvalue weighted by atomic mass is 35.5. The molecule has 152 valence electrons. The van der Waals surface area contributed by atoms with Crippen molar-refractivity contribution in [1.82, 2.24) is 25.1 Å². The van der Waals surface area contributed by atoms with E-state index in [9.17, 15) is 4.79 Å². The summed E-state index contributed by atoms with van der Waals surface area (Å²) in [5.74, 6) is 1.06. The maximum Gasteiger partial charge on any atom is 0.241 e. The fourth-order valence-electron chi connectivity index (χ4n) is 4.00. The summed E-state index contributed by atoms with van der Waals surface area (Å²) in [6.07, 6.45) is 0. The van der Waals surface area contributed by atoms with Crippen molar-refractivity contribution in [2.24, 2.45) is 0 Å². The second-order valence-electron chi connectivity index (χ2n) is 8.66. The van der Waals surface area contributed by atoms with Gasteiger partial charge in [0.25, 0.3) is 0 Å². The molecule has 3 heterocycles. The molecule has 0 radical (unpaired) electrons. The third-order valence-electron chi connectivity index (χ3n) is 5.75. The van der Waals surface area contributed by atoms with Gasteiger partial charge in [0, 0.05) is 56.4 Å². The van der Waals surface area contributed by atoms with Crippen molar-refractivity contribution in [3.63, 3.8) is 0 Å². The summed E-state index contributed by atoms with van der Waals surface area (Å²) in [7, 11) is 0. The minimum absolute atomic E-state index is 0.0868. The SMILES string of the molecule is CC(C)(C)N1CCN[C@@H](C(=O)N2CCN(c3nc4cc(Cl)ccc4[nH]3)CC2)C1. The molecule has 2 fully saturated rings. The van der Waals surface area contributed by atoms with E-state index in [-0.39, 0.29) is 17.5 Å². The van der Waals surface area contributed by atoms with Crippen LogP contribution in [0.5, 0.6) is 0 Å². The zero-order valence-electron chi connectivity index (χ0n) is 16.8. The number of H-pyrrole nitrogens is 1. The van der Waals surface area contributed by atoms with E-state index in [4.69, 9.17) is 11.6 Å². The van der Waals surface area contributed by atoms with Gasteiger partial charge >= 0.3 is 0 Å². The van der Waals surface area contributed by atoms with Crippen LogP contribution >= 0.6 is 11.6 Å². The number of hydrogen-bond acceptors (Lipinski definition) is 5. The molecule has 2 aromatic rings. The Morgan fingerprint density at radius 3 is 2.64 bits per heavy atom. The van der Waals surface area contributed by atoms with Crippen molar-refractivity contribution in [2.75, 3.05) is 50.7 Å². The first kappa shape index (κ1) is 19.5. The molecular weight excluding hydrogens is 376 g/mol. The highest BCUT2D eigenvalue weighted by Gasteiger charge is 2.34. The molecule has 2 aliphatic rings. The van der Waals surface area contributed by atoms with E-state index in [0.717, 1.165) is 49.7 Å². The van der Waals surface area contributed by atoms with Crippen LogP contribution in [0.2, 0.25) is 5.02 Å². The minimum Gasteiger partial charge on any atom is -0.339 e. The number of imidazole rings is 1. The molecule has 2 saturated heterocycles. The van der Waals surface area contributed by atoms with Crippen molar-refractivity contribution < 1.29 is 4.79 Å². The molecule has 7 nitrogen and oxygen atoms in total. The molecule has 4 rings (SSSR count). The maximum absolute atomic E-state index is 13.0. The average molecular weight is 405 g/mol. The molecule has 1 aromatic heterocycles. The number of carbonyl (C=O) groups excluding carboxylic acids is 1. The molecule has 0 unspecified atom stereocenters. The smallest absolute Gasteiger partial charge is 0.241 e. The largest absolute Gasteiger partial charge is 0.339 e. The number of carbonyl (C=O) groups is 1. The molecule has 2 N–H and O–H groups in total. The van der Waals surface area contributed by atoms with Gasteiger partial charge in [-0.2, -0.15) is 0 Å². The normalized spacial score (nSPS) is 22.1. The lowest BCUT2D eigenvalue weighted by atomic mass is 10.0. The number of benzene rings is 1. The first-order valence-corrected chi connectivity index (χ1v) is 10.4. The number of anilines is 1. The molecule has 0 aliphatic carbocycles. The van der Waals surface area contributed by atoms with Crippen molar-refractivity contribution in [2.45, 2.75) is 32.4 Å². The number of aromatic amines is 1. The van der Waals surface area contributed by atoms with Crippen molar-refractivity contribution in [3.05, 3.63) is 23.2 Å². The highest BCUT2D eigenvalue weighted by Crippen LogP contribution is 2.22. The first-order valence-electron chi connectivity index (χ1n) is 9.99. The standard InChI is InChI=1S/C20H29ClN6O/c1-20(2,3)27-7-6-22-17(13-27)18(28)25-8-10-26(11-9-25)19-23-15-5-4-14(21)12-16(15)24-19/h4-5,12,17,22H,6-11,13H2,1-3H3,(H,23,24)/t17-/m1/s1. The summed E-state index contributed by atoms with van der Waals surface area (Å²) in [6.45, 7) is 12.2. The fourth-order valence-corrected chi connectivity index (χ4v) is 4.17. The van der Waals surface area contributed by atoms with Crippen molar-refractivity contribution in [1.29, 1.82) is 0 Å². The lowest BCUT2D eigenvalue weighted by molar-refractivity contribution is -0.135. The van der Waals surface area contributed by atoms with Gasteiger partial charge in [0.15, 0.2) is 0 Å². The van der Waals surface area contributed by atoms with E-state index in [1.807, 2.05) is 23.1 Å². The maximum atomic E-state index is 13.0. The molecule has 0 bridgehead atoms. The number of hydrogen-bond donors (Lipinski definition) is 2. The third-order valence-corrected chi connectivity index (χ3v) is 5.98. The average Bonchev–Trinajstić information content (AvgIpc) is 3.10. The summed E-state index contributed by atoms with van der Waals surface area (Å²) in [4.78, 5) is 27.6. The number of amides is 1. The Bertz CT molecular complexity index is 852. The number of rotatable bonds is 2. The van der Waals surface area contributed by atoms with Gasteiger partial charge < -0.3 is 20.1 Å². The molecule has 1 atom stereocenters. The number of aromatic nitrogens is 2. The van der Waals surface area contributed by atoms with Crippen LogP contribution in [0.4, 0.5) is 5.95 Å². The van der Waals surface area contributed by atoms with Crippen LogP contribution in [0, 0.1) is 0 Å². The van der Waals surface area contributed by atoms with Gasteiger partial charge in [0.05, 0.1) is 17.1 Å². The van der Waals surface area contributed by atoms with E-state index in [1.54, 1.807) is 0 Å². The summed E-state index contributed by atoms with van der Waals surface area (Å²) in [5, 5.41) is 4.09. The lowest BCUT2D eigenvalue weighted by Gasteiger charge is -2.43. The van der Waals surface area contributed by atoms with Crippen LogP contribution in [0.1, 0.15) is 20.8 Å². The molecule has 1 amide bonds. The number of nitrogens with one attached hydrogen (secondary N) is 2. The Morgan fingerprint density at radius 2 is 1.93 bits per heavy atom. The van der Waals surface area contributed by atoms with Crippen molar-refractivity contribution >= 4 is 34.5 Å². The predicted octanol–water partition coefficient (Wildman–Crippen LogP) is 1.94. The van der Waals surface area contributed by atoms with E-state index >= 15 is 0 Å². The van der Waals surface area contributed by atoms with Gasteiger partial charge in [0.2, 0.25) is 11.9 Å². The van der Waals surface area contributed by atoms with Crippen LogP contribution in [-0.4, -0.2) is 83.1 Å². The molecule has 8 heteroatoms. The Labute approximate surface area is 171 Å². The number of fused-ring (bicyclic) bond motifs is 1. The molecular formula is C20H29ClN6O. The Morgan fingerprint density at radius 1 is 1.18 bits per heavy atom. The first-order chi connectivity index (χ1) is 13.3. The fraction of sp³-hybridized carbons (Fsp3) is 0.600. The topological polar surface area (TPSA) is 67.5 Å². The number of piperazine rings is 2. The summed E-state index contributed by atoms with van der Waals surface area (Å²) >= 11 is 6.06. The zero-order chi connectivity index (χ0) is 19.9. The van der Waals surface area contributed by atoms with Gasteiger partial charge in [0.1, 0.15) is 0 Å². The Balaban J connectivity index is 1.37. The van der Waals surface area contributed by atoms with Crippen molar-refractivity contribution in [3.8, 4) is 0 Å². The zero-order valence-corrected chi connectivity index (χ0v) is 17.6. The van der Waals surface area contributed by atoms with Gasteiger partial charge in [-0.15, -0.1) is 0 Å². The third kappa shape index (κ3) is 3.97. The lowest BCUT2D eigenvalue weighted by Crippen LogP contribution is -2.63. The molecule has 1 aromatic carbocycles. The van der Waals surface area contributed by atoms with Crippen LogP contribution in [-0.2, 0) is 4.79 Å². The summed E-state index contributed by atoms with van der Waals surface area (Å²) in [6, 6.07) is 5.56. The van der Waals surface area contributed by atoms with E-state index in [0.29, 0.717) is 18.1 Å². The number of halogens is 1. The van der Waals surface area contributed by atoms with Crippen LogP contribution in [0.25, 0.3) is 11.0 Å². The van der Waals surface area contributed by atoms with Gasteiger partial charge in [-0.1, -0.05) is 11.6 Å².